The molecule has 17 heteroatoms. The SMILES string of the molecule is NCCSCc1nsnc1SC1=C(C(=O)O)N2C(=O)[C@@H](NC(=O)C(N=O)c3cccc(N)n3)[C@@H]2SC1. The molecule has 190 valence electrons. The predicted molar refractivity (Wildman–Crippen MR) is 138 cm³/mol. The largest absolute Gasteiger partial charge is 0.477 e. The molecule has 3 atom stereocenters. The van der Waals surface area contributed by atoms with Gasteiger partial charge < -0.3 is 21.9 Å². The van der Waals surface area contributed by atoms with Gasteiger partial charge in [0.1, 0.15) is 28.0 Å². The molecule has 1 saturated heterocycles. The fourth-order valence-electron chi connectivity index (χ4n) is 3.49. The number of thioether (sulfide) groups is 3. The Morgan fingerprint density at radius 1 is 1.36 bits per heavy atom. The third-order valence-electron chi connectivity index (χ3n) is 5.10. The molecule has 4 heterocycles. The number of fused-ring (bicyclic) bond motifs is 1. The number of nitrogens with zero attached hydrogens (tertiary/aromatic N) is 5. The van der Waals surface area contributed by atoms with Gasteiger partial charge in [0.15, 0.2) is 0 Å². The van der Waals surface area contributed by atoms with Gasteiger partial charge in [0, 0.05) is 28.7 Å². The van der Waals surface area contributed by atoms with E-state index in [1.165, 1.54) is 41.7 Å². The molecule has 6 N–H and O–H groups in total. The minimum Gasteiger partial charge on any atom is -0.477 e. The van der Waals surface area contributed by atoms with E-state index in [-0.39, 0.29) is 23.0 Å². The van der Waals surface area contributed by atoms with E-state index in [0.717, 1.165) is 28.1 Å². The zero-order chi connectivity index (χ0) is 25.8. The fourth-order valence-corrected chi connectivity index (χ4v) is 7.53. The van der Waals surface area contributed by atoms with Crippen molar-refractivity contribution in [1.29, 1.82) is 0 Å². The molecule has 1 unspecified atom stereocenters. The van der Waals surface area contributed by atoms with Crippen molar-refractivity contribution in [3.63, 3.8) is 0 Å². The first kappa shape index (κ1) is 26.3. The normalized spacial score (nSPS) is 19.9. The molecule has 0 aliphatic carbocycles. The van der Waals surface area contributed by atoms with Crippen LogP contribution in [0.15, 0.2) is 39.0 Å². The molecule has 0 radical (unpaired) electrons. The van der Waals surface area contributed by atoms with E-state index in [1.807, 2.05) is 0 Å². The highest BCUT2D eigenvalue weighted by atomic mass is 32.2. The molecule has 2 aromatic heterocycles. The Hall–Kier alpha value is -2.73. The van der Waals surface area contributed by atoms with Crippen molar-refractivity contribution in [2.24, 2.45) is 10.9 Å². The molecule has 2 aromatic rings. The summed E-state index contributed by atoms with van der Waals surface area (Å²) >= 11 is 5.10. The number of nitrogens with two attached hydrogens (primary N) is 2. The number of hydrogen-bond acceptors (Lipinski definition) is 14. The number of carbonyl (C=O) groups is 3. The van der Waals surface area contributed by atoms with Crippen LogP contribution >= 0.6 is 47.0 Å². The van der Waals surface area contributed by atoms with E-state index in [1.54, 1.807) is 11.8 Å². The predicted octanol–water partition coefficient (Wildman–Crippen LogP) is 1.00. The number of carboxylic acids is 1. The van der Waals surface area contributed by atoms with E-state index in [9.17, 15) is 24.4 Å². The maximum absolute atomic E-state index is 12.9. The number of carboxylic acid groups (broad SMARTS) is 1. The lowest BCUT2D eigenvalue weighted by Crippen LogP contribution is -2.70. The summed E-state index contributed by atoms with van der Waals surface area (Å²) in [6.07, 6.45) is 0. The van der Waals surface area contributed by atoms with Crippen LogP contribution in [-0.4, -0.2) is 71.0 Å². The van der Waals surface area contributed by atoms with Crippen molar-refractivity contribution in [2.45, 2.75) is 28.2 Å². The summed E-state index contributed by atoms with van der Waals surface area (Å²) in [5.74, 6) is -0.948. The van der Waals surface area contributed by atoms with Gasteiger partial charge in [-0.3, -0.25) is 14.5 Å². The first-order valence-corrected chi connectivity index (χ1v) is 14.1. The summed E-state index contributed by atoms with van der Waals surface area (Å²) in [5.41, 5.74) is 11.8. The lowest BCUT2D eigenvalue weighted by molar-refractivity contribution is -0.150. The number of β-lactam (4-membered cyclic amide) rings is 1. The maximum Gasteiger partial charge on any atom is 0.353 e. The zero-order valence-electron chi connectivity index (χ0n) is 18.4. The topological polar surface area (TPSA) is 207 Å². The van der Waals surface area contributed by atoms with E-state index in [2.05, 4.69) is 24.2 Å². The van der Waals surface area contributed by atoms with Gasteiger partial charge in [0.05, 0.1) is 23.1 Å². The van der Waals surface area contributed by atoms with Crippen molar-refractivity contribution >= 4 is 70.6 Å². The number of hydrogen-bond donors (Lipinski definition) is 4. The first-order chi connectivity index (χ1) is 17.3. The third-order valence-corrected chi connectivity index (χ3v) is 9.35. The number of nitrogen functional groups attached to an aromatic ring is 1. The van der Waals surface area contributed by atoms with Crippen LogP contribution in [0.3, 0.4) is 0 Å². The highest BCUT2D eigenvalue weighted by Gasteiger charge is 2.55. The van der Waals surface area contributed by atoms with Crippen molar-refractivity contribution in [3.8, 4) is 0 Å². The number of carbonyl (C=O) groups excluding carboxylic acids is 2. The molecule has 2 amide bonds. The smallest absolute Gasteiger partial charge is 0.353 e. The molecular formula is C19H20N8O5S4. The fraction of sp³-hybridized carbons (Fsp3) is 0.368. The number of anilines is 1. The lowest BCUT2D eigenvalue weighted by atomic mass is 10.0. The van der Waals surface area contributed by atoms with Crippen LogP contribution in [-0.2, 0) is 20.1 Å². The van der Waals surface area contributed by atoms with E-state index < -0.39 is 35.2 Å². The second-order valence-corrected chi connectivity index (χ2v) is 11.2. The number of rotatable bonds is 11. The average Bonchev–Trinajstić information content (AvgIpc) is 3.29. The standard InChI is InChI=1S/C19H20N8O5S4/c20-4-5-33-6-9-16(26-36-25-9)35-10-7-34-18-13(17(29)27(18)14(10)19(30)31)23-15(28)12(24-32)8-2-1-3-11(21)22-8/h1-3,12-13,18H,4-7,20H2,(H2,21,22)(H,23,28)(H,30,31)/t12?,13-,18+/m1/s1. The van der Waals surface area contributed by atoms with Crippen molar-refractivity contribution < 1.29 is 19.5 Å². The number of aliphatic carboxylic acids is 1. The molecule has 0 aromatic carbocycles. The van der Waals surface area contributed by atoms with Crippen LogP contribution in [0, 0.1) is 4.91 Å². The summed E-state index contributed by atoms with van der Waals surface area (Å²) in [4.78, 5) is 54.7. The summed E-state index contributed by atoms with van der Waals surface area (Å²) < 4.78 is 8.56. The molecule has 1 fully saturated rings. The van der Waals surface area contributed by atoms with Crippen molar-refractivity contribution in [3.05, 3.63) is 45.1 Å². The number of nitrogens with one attached hydrogen (secondary N) is 1. The van der Waals surface area contributed by atoms with Gasteiger partial charge in [-0.2, -0.15) is 20.5 Å². The Morgan fingerprint density at radius 3 is 2.86 bits per heavy atom. The zero-order valence-corrected chi connectivity index (χ0v) is 21.7. The van der Waals surface area contributed by atoms with Gasteiger partial charge in [-0.1, -0.05) is 17.8 Å². The quantitative estimate of drug-likeness (QED) is 0.170. The van der Waals surface area contributed by atoms with Gasteiger partial charge in [0.25, 0.3) is 11.8 Å². The van der Waals surface area contributed by atoms with Crippen LogP contribution in [0.25, 0.3) is 0 Å². The Labute approximate surface area is 221 Å². The molecule has 0 bridgehead atoms. The third kappa shape index (κ3) is 5.34. The molecule has 36 heavy (non-hydrogen) atoms. The summed E-state index contributed by atoms with van der Waals surface area (Å²) in [7, 11) is 0. The number of amides is 2. The number of pyridine rings is 1. The van der Waals surface area contributed by atoms with Gasteiger partial charge >= 0.3 is 5.97 Å². The number of nitroso groups, excluding NO2 is 1. The molecule has 2 aliphatic heterocycles. The number of aromatic nitrogens is 3. The minimum atomic E-state index is -1.50. The van der Waals surface area contributed by atoms with Crippen molar-refractivity contribution in [2.75, 3.05) is 23.8 Å². The lowest BCUT2D eigenvalue weighted by Gasteiger charge is -2.49. The molecule has 0 spiro atoms. The van der Waals surface area contributed by atoms with Crippen LogP contribution in [0.1, 0.15) is 17.4 Å². The van der Waals surface area contributed by atoms with E-state index >= 15 is 0 Å². The molecule has 4 rings (SSSR count). The van der Waals surface area contributed by atoms with Crippen LogP contribution in [0.4, 0.5) is 5.82 Å². The van der Waals surface area contributed by atoms with Crippen molar-refractivity contribution in [1.82, 2.24) is 23.9 Å². The van der Waals surface area contributed by atoms with Gasteiger partial charge in [-0.25, -0.2) is 9.78 Å². The molecule has 0 saturated carbocycles. The maximum atomic E-state index is 12.9. The Balaban J connectivity index is 1.49. The second kappa shape index (κ2) is 11.5. The average molecular weight is 569 g/mol. The minimum absolute atomic E-state index is 0.0459. The highest BCUT2D eigenvalue weighted by Crippen LogP contribution is 2.45. The summed E-state index contributed by atoms with van der Waals surface area (Å²) in [6, 6.07) is 1.93. The summed E-state index contributed by atoms with van der Waals surface area (Å²) in [5, 5.41) is 15.2. The van der Waals surface area contributed by atoms with Gasteiger partial charge in [-0.05, 0) is 17.3 Å². The molecule has 13 nitrogen and oxygen atoms in total. The van der Waals surface area contributed by atoms with Gasteiger partial charge in [0.2, 0.25) is 6.04 Å². The highest BCUT2D eigenvalue weighted by molar-refractivity contribution is 8.06. The van der Waals surface area contributed by atoms with Crippen LogP contribution in [0.2, 0.25) is 0 Å². The van der Waals surface area contributed by atoms with E-state index in [0.29, 0.717) is 22.2 Å². The second-order valence-electron chi connectivity index (χ2n) is 7.43. The Bertz CT molecular complexity index is 1220. The molecule has 2 aliphatic rings. The first-order valence-electron chi connectivity index (χ1n) is 10.4. The van der Waals surface area contributed by atoms with E-state index in [4.69, 9.17) is 11.5 Å². The van der Waals surface area contributed by atoms with Crippen LogP contribution < -0.4 is 16.8 Å². The Morgan fingerprint density at radius 2 is 2.17 bits per heavy atom. The Kier molecular flexibility index (Phi) is 8.45. The monoisotopic (exact) mass is 568 g/mol. The molecular weight excluding hydrogens is 549 g/mol. The van der Waals surface area contributed by atoms with Crippen LogP contribution in [0.5, 0.6) is 0 Å². The van der Waals surface area contributed by atoms with Gasteiger partial charge in [-0.15, -0.1) is 16.7 Å². The summed E-state index contributed by atoms with van der Waals surface area (Å²) in [6.45, 7) is 0.533.